The molecule has 0 radical (unpaired) electrons. The number of phenols is 1. The Labute approximate surface area is 73.4 Å². The van der Waals surface area contributed by atoms with Crippen molar-refractivity contribution in [2.45, 2.75) is 20.8 Å². The molecule has 12 heavy (non-hydrogen) atoms. The van der Waals surface area contributed by atoms with Gasteiger partial charge in [-0.1, -0.05) is 18.2 Å². The highest BCUT2D eigenvalue weighted by Crippen LogP contribution is 2.26. The SMILES string of the molecule is C=C(C)c1ccc(O)c(C)c1C. The van der Waals surface area contributed by atoms with Crippen molar-refractivity contribution in [1.29, 1.82) is 0 Å². The molecule has 0 aliphatic carbocycles. The van der Waals surface area contributed by atoms with E-state index in [2.05, 4.69) is 6.58 Å². The first-order valence-electron chi connectivity index (χ1n) is 3.99. The molecule has 0 unspecified atom stereocenters. The van der Waals surface area contributed by atoms with Crippen LogP contribution in [-0.4, -0.2) is 5.11 Å². The van der Waals surface area contributed by atoms with Gasteiger partial charge >= 0.3 is 0 Å². The molecule has 1 nitrogen and oxygen atoms in total. The van der Waals surface area contributed by atoms with E-state index in [4.69, 9.17) is 0 Å². The summed E-state index contributed by atoms with van der Waals surface area (Å²) in [5.41, 5.74) is 4.22. The lowest BCUT2D eigenvalue weighted by Gasteiger charge is -2.09. The molecule has 1 aromatic carbocycles. The van der Waals surface area contributed by atoms with Crippen LogP contribution in [0.1, 0.15) is 23.6 Å². The minimum absolute atomic E-state index is 0.359. The number of rotatable bonds is 1. The maximum absolute atomic E-state index is 9.38. The minimum atomic E-state index is 0.359. The molecule has 0 bridgehead atoms. The Morgan fingerprint density at radius 3 is 2.33 bits per heavy atom. The third-order valence-electron chi connectivity index (χ3n) is 2.22. The van der Waals surface area contributed by atoms with Crippen LogP contribution in [0.3, 0.4) is 0 Å². The van der Waals surface area contributed by atoms with E-state index in [0.29, 0.717) is 5.75 Å². The highest BCUT2D eigenvalue weighted by atomic mass is 16.3. The molecule has 1 N–H and O–H groups in total. The van der Waals surface area contributed by atoms with E-state index in [1.165, 1.54) is 0 Å². The van der Waals surface area contributed by atoms with Gasteiger partial charge in [-0.25, -0.2) is 0 Å². The lowest BCUT2D eigenvalue weighted by atomic mass is 9.98. The first kappa shape index (κ1) is 8.85. The van der Waals surface area contributed by atoms with Crippen LogP contribution < -0.4 is 0 Å². The van der Waals surface area contributed by atoms with Crippen LogP contribution in [0.15, 0.2) is 18.7 Å². The minimum Gasteiger partial charge on any atom is -0.508 e. The summed E-state index contributed by atoms with van der Waals surface area (Å²) in [6.45, 7) is 9.76. The fourth-order valence-corrected chi connectivity index (χ4v) is 1.27. The van der Waals surface area contributed by atoms with Crippen LogP contribution in [0.4, 0.5) is 0 Å². The maximum atomic E-state index is 9.38. The predicted octanol–water partition coefficient (Wildman–Crippen LogP) is 3.04. The summed E-state index contributed by atoms with van der Waals surface area (Å²) in [7, 11) is 0. The third-order valence-corrected chi connectivity index (χ3v) is 2.22. The van der Waals surface area contributed by atoms with Gasteiger partial charge in [-0.3, -0.25) is 0 Å². The van der Waals surface area contributed by atoms with Gasteiger partial charge in [-0.15, -0.1) is 0 Å². The first-order chi connectivity index (χ1) is 5.54. The second-order valence-corrected chi connectivity index (χ2v) is 3.16. The summed E-state index contributed by atoms with van der Waals surface area (Å²) in [6.07, 6.45) is 0. The molecule has 0 fully saturated rings. The number of hydrogen-bond donors (Lipinski definition) is 1. The zero-order valence-electron chi connectivity index (χ0n) is 7.81. The average molecular weight is 162 g/mol. The van der Waals surface area contributed by atoms with Crippen LogP contribution >= 0.6 is 0 Å². The molecule has 0 spiro atoms. The Hall–Kier alpha value is -1.24. The second-order valence-electron chi connectivity index (χ2n) is 3.16. The van der Waals surface area contributed by atoms with Crippen LogP contribution in [0.25, 0.3) is 5.57 Å². The molecule has 0 saturated carbocycles. The van der Waals surface area contributed by atoms with Crippen LogP contribution in [0.2, 0.25) is 0 Å². The van der Waals surface area contributed by atoms with Crippen molar-refractivity contribution in [3.05, 3.63) is 35.4 Å². The molecule has 0 amide bonds. The van der Waals surface area contributed by atoms with E-state index in [-0.39, 0.29) is 0 Å². The zero-order valence-corrected chi connectivity index (χ0v) is 7.81. The van der Waals surface area contributed by atoms with Crippen molar-refractivity contribution in [3.8, 4) is 5.75 Å². The molecule has 0 aliphatic rings. The average Bonchev–Trinajstić information content (AvgIpc) is 2.00. The van der Waals surface area contributed by atoms with E-state index < -0.39 is 0 Å². The number of benzene rings is 1. The smallest absolute Gasteiger partial charge is 0.118 e. The van der Waals surface area contributed by atoms with Crippen LogP contribution in [0, 0.1) is 13.8 Å². The zero-order chi connectivity index (χ0) is 9.30. The molecule has 0 heterocycles. The van der Waals surface area contributed by atoms with E-state index >= 15 is 0 Å². The summed E-state index contributed by atoms with van der Waals surface area (Å²) >= 11 is 0. The van der Waals surface area contributed by atoms with Gasteiger partial charge in [0.2, 0.25) is 0 Å². The lowest BCUT2D eigenvalue weighted by molar-refractivity contribution is 0.470. The van der Waals surface area contributed by atoms with Crippen molar-refractivity contribution in [3.63, 3.8) is 0 Å². The Morgan fingerprint density at radius 1 is 1.25 bits per heavy atom. The van der Waals surface area contributed by atoms with Crippen LogP contribution in [-0.2, 0) is 0 Å². The topological polar surface area (TPSA) is 20.2 Å². The fraction of sp³-hybridized carbons (Fsp3) is 0.273. The molecule has 0 aromatic heterocycles. The Balaban J connectivity index is 3.36. The van der Waals surface area contributed by atoms with Gasteiger partial charge in [-0.05, 0) is 43.5 Å². The molecule has 64 valence electrons. The van der Waals surface area contributed by atoms with Crippen molar-refractivity contribution < 1.29 is 5.11 Å². The van der Waals surface area contributed by atoms with Gasteiger partial charge in [0.15, 0.2) is 0 Å². The van der Waals surface area contributed by atoms with Gasteiger partial charge in [0.1, 0.15) is 5.75 Å². The highest BCUT2D eigenvalue weighted by molar-refractivity contribution is 5.66. The van der Waals surface area contributed by atoms with Crippen molar-refractivity contribution in [2.24, 2.45) is 0 Å². The molecule has 0 aliphatic heterocycles. The molecule has 1 heteroatoms. The van der Waals surface area contributed by atoms with Gasteiger partial charge in [0.05, 0.1) is 0 Å². The summed E-state index contributed by atoms with van der Waals surface area (Å²) in [6, 6.07) is 3.62. The fourth-order valence-electron chi connectivity index (χ4n) is 1.27. The van der Waals surface area contributed by atoms with Crippen molar-refractivity contribution >= 4 is 5.57 Å². The Kier molecular flexibility index (Phi) is 2.22. The first-order valence-corrected chi connectivity index (χ1v) is 3.99. The van der Waals surface area contributed by atoms with E-state index in [0.717, 1.165) is 22.3 Å². The Morgan fingerprint density at radius 2 is 1.83 bits per heavy atom. The number of phenolic OH excluding ortho intramolecular Hbond substituents is 1. The number of aromatic hydroxyl groups is 1. The normalized spacial score (nSPS) is 9.92. The van der Waals surface area contributed by atoms with Gasteiger partial charge in [0, 0.05) is 0 Å². The maximum Gasteiger partial charge on any atom is 0.118 e. The molecule has 1 aromatic rings. The number of allylic oxidation sites excluding steroid dienone is 1. The van der Waals surface area contributed by atoms with E-state index in [1.54, 1.807) is 6.07 Å². The summed E-state index contributed by atoms with van der Waals surface area (Å²) < 4.78 is 0. The quantitative estimate of drug-likeness (QED) is 0.673. The summed E-state index contributed by atoms with van der Waals surface area (Å²) in [5.74, 6) is 0.359. The monoisotopic (exact) mass is 162 g/mol. The Bertz CT molecular complexity index is 324. The predicted molar refractivity (Wildman–Crippen MR) is 52.3 cm³/mol. The highest BCUT2D eigenvalue weighted by Gasteiger charge is 2.04. The molecular weight excluding hydrogens is 148 g/mol. The van der Waals surface area contributed by atoms with E-state index in [9.17, 15) is 5.11 Å². The lowest BCUT2D eigenvalue weighted by Crippen LogP contribution is -1.88. The van der Waals surface area contributed by atoms with Crippen molar-refractivity contribution in [2.75, 3.05) is 0 Å². The van der Waals surface area contributed by atoms with Gasteiger partial charge in [-0.2, -0.15) is 0 Å². The van der Waals surface area contributed by atoms with E-state index in [1.807, 2.05) is 26.8 Å². The van der Waals surface area contributed by atoms with Gasteiger partial charge in [0.25, 0.3) is 0 Å². The molecule has 0 saturated heterocycles. The van der Waals surface area contributed by atoms with Crippen LogP contribution in [0.5, 0.6) is 5.75 Å². The summed E-state index contributed by atoms with van der Waals surface area (Å²) in [4.78, 5) is 0. The standard InChI is InChI=1S/C11H14O/c1-7(2)10-5-6-11(12)9(4)8(10)3/h5-6,12H,1H2,2-4H3. The molecule has 1 rings (SSSR count). The molecular formula is C11H14O. The molecule has 0 atom stereocenters. The number of hydrogen-bond acceptors (Lipinski definition) is 1. The van der Waals surface area contributed by atoms with Crippen molar-refractivity contribution in [1.82, 2.24) is 0 Å². The largest absolute Gasteiger partial charge is 0.508 e. The second kappa shape index (κ2) is 3.02. The summed E-state index contributed by atoms with van der Waals surface area (Å²) in [5, 5.41) is 9.38. The third kappa shape index (κ3) is 1.35. The van der Waals surface area contributed by atoms with Gasteiger partial charge < -0.3 is 5.11 Å².